The number of tetrazole rings is 1. The van der Waals surface area contributed by atoms with E-state index in [1.807, 2.05) is 29.8 Å². The van der Waals surface area contributed by atoms with E-state index in [9.17, 15) is 4.79 Å². The zero-order valence-corrected chi connectivity index (χ0v) is 10.7. The van der Waals surface area contributed by atoms with Crippen LogP contribution in [-0.4, -0.2) is 26.5 Å². The van der Waals surface area contributed by atoms with Crippen molar-refractivity contribution in [1.82, 2.24) is 20.2 Å². The molecule has 1 heterocycles. The molecule has 0 saturated heterocycles. The zero-order chi connectivity index (χ0) is 12.5. The van der Waals surface area contributed by atoms with Crippen molar-refractivity contribution in [2.45, 2.75) is 35.9 Å². The predicted molar refractivity (Wildman–Crippen MR) is 66.8 cm³/mol. The highest BCUT2D eigenvalue weighted by atomic mass is 32.2. The Morgan fingerprint density at radius 2 is 2.28 bits per heavy atom. The topological polar surface area (TPSA) is 60.7 Å². The van der Waals surface area contributed by atoms with Crippen molar-refractivity contribution in [2.75, 3.05) is 0 Å². The lowest BCUT2D eigenvalue weighted by Gasteiger charge is -2.05. The Morgan fingerprint density at radius 1 is 1.44 bits per heavy atom. The third-order valence-corrected chi connectivity index (χ3v) is 4.02. The summed E-state index contributed by atoms with van der Waals surface area (Å²) in [7, 11) is 0. The average molecular weight is 260 g/mol. The van der Waals surface area contributed by atoms with Crippen LogP contribution in [0.3, 0.4) is 0 Å². The molecule has 1 fully saturated rings. The molecule has 1 aliphatic rings. The van der Waals surface area contributed by atoms with E-state index in [1.54, 1.807) is 11.8 Å². The SMILES string of the molecule is Cc1cc(C=O)ccc1Sc1nnnn1C1CC1. The number of hydrogen-bond acceptors (Lipinski definition) is 5. The minimum atomic E-state index is 0.469. The molecule has 3 rings (SSSR count). The lowest BCUT2D eigenvalue weighted by Crippen LogP contribution is -1.98. The van der Waals surface area contributed by atoms with Crippen molar-refractivity contribution in [1.29, 1.82) is 0 Å². The molecular formula is C12H12N4OS. The number of aldehydes is 1. The first-order valence-electron chi connectivity index (χ1n) is 5.79. The molecule has 0 spiro atoms. The minimum absolute atomic E-state index is 0.469. The van der Waals surface area contributed by atoms with Crippen LogP contribution < -0.4 is 0 Å². The van der Waals surface area contributed by atoms with Gasteiger partial charge < -0.3 is 0 Å². The third kappa shape index (κ3) is 2.15. The lowest BCUT2D eigenvalue weighted by atomic mass is 10.2. The van der Waals surface area contributed by atoms with Crippen molar-refractivity contribution in [3.8, 4) is 0 Å². The van der Waals surface area contributed by atoms with Crippen LogP contribution in [0.25, 0.3) is 0 Å². The summed E-state index contributed by atoms with van der Waals surface area (Å²) in [6.07, 6.45) is 3.17. The standard InChI is InChI=1S/C12H12N4OS/c1-8-6-9(7-17)2-5-11(8)18-12-13-14-15-16(12)10-3-4-10/h2,5-7,10H,3-4H2,1H3. The van der Waals surface area contributed by atoms with E-state index < -0.39 is 0 Å². The summed E-state index contributed by atoms with van der Waals surface area (Å²) in [5.74, 6) is 0. The average Bonchev–Trinajstić information content (AvgIpc) is 3.12. The molecule has 1 saturated carbocycles. The van der Waals surface area contributed by atoms with Crippen LogP contribution in [-0.2, 0) is 0 Å². The fourth-order valence-electron chi connectivity index (χ4n) is 1.76. The van der Waals surface area contributed by atoms with Gasteiger partial charge in [-0.15, -0.1) is 5.10 Å². The van der Waals surface area contributed by atoms with E-state index in [4.69, 9.17) is 0 Å². The Morgan fingerprint density at radius 3 is 2.94 bits per heavy atom. The van der Waals surface area contributed by atoms with Crippen molar-refractivity contribution in [3.05, 3.63) is 29.3 Å². The normalized spacial score (nSPS) is 14.7. The predicted octanol–water partition coefficient (Wildman–Crippen LogP) is 2.28. The summed E-state index contributed by atoms with van der Waals surface area (Å²) in [5, 5.41) is 12.6. The summed E-state index contributed by atoms with van der Waals surface area (Å²) < 4.78 is 1.89. The summed E-state index contributed by atoms with van der Waals surface area (Å²) in [6.45, 7) is 1.99. The number of nitrogens with zero attached hydrogens (tertiary/aromatic N) is 4. The number of aromatic nitrogens is 4. The highest BCUT2D eigenvalue weighted by molar-refractivity contribution is 7.99. The van der Waals surface area contributed by atoms with Crippen molar-refractivity contribution in [2.24, 2.45) is 0 Å². The second-order valence-corrected chi connectivity index (χ2v) is 5.39. The van der Waals surface area contributed by atoms with Crippen molar-refractivity contribution >= 4 is 18.0 Å². The molecule has 0 unspecified atom stereocenters. The van der Waals surface area contributed by atoms with E-state index in [1.165, 1.54) is 0 Å². The van der Waals surface area contributed by atoms with Crippen molar-refractivity contribution < 1.29 is 4.79 Å². The summed E-state index contributed by atoms with van der Waals surface area (Å²) in [6, 6.07) is 6.10. The highest BCUT2D eigenvalue weighted by Crippen LogP contribution is 2.38. The minimum Gasteiger partial charge on any atom is -0.298 e. The van der Waals surface area contributed by atoms with Crippen LogP contribution in [0.2, 0.25) is 0 Å². The Bertz CT molecular complexity index is 592. The number of hydrogen-bond donors (Lipinski definition) is 0. The molecule has 18 heavy (non-hydrogen) atoms. The van der Waals surface area contributed by atoms with Gasteiger partial charge in [0, 0.05) is 10.5 Å². The highest BCUT2D eigenvalue weighted by Gasteiger charge is 2.28. The molecule has 1 aromatic heterocycles. The molecule has 1 aliphatic carbocycles. The molecule has 0 atom stereocenters. The van der Waals surface area contributed by atoms with Gasteiger partial charge in [-0.1, -0.05) is 6.07 Å². The number of rotatable bonds is 4. The molecular weight excluding hydrogens is 248 g/mol. The van der Waals surface area contributed by atoms with Crippen LogP contribution in [0.15, 0.2) is 28.3 Å². The quantitative estimate of drug-likeness (QED) is 0.789. The molecule has 0 aliphatic heterocycles. The van der Waals surface area contributed by atoms with Gasteiger partial charge in [0.2, 0.25) is 5.16 Å². The summed E-state index contributed by atoms with van der Waals surface area (Å²) in [5.41, 5.74) is 1.76. The Balaban J connectivity index is 1.87. The molecule has 0 radical (unpaired) electrons. The summed E-state index contributed by atoms with van der Waals surface area (Å²) in [4.78, 5) is 11.8. The van der Waals surface area contributed by atoms with Gasteiger partial charge in [-0.05, 0) is 59.7 Å². The van der Waals surface area contributed by atoms with Gasteiger partial charge in [-0.2, -0.15) is 0 Å². The third-order valence-electron chi connectivity index (χ3n) is 2.89. The largest absolute Gasteiger partial charge is 0.298 e. The van der Waals surface area contributed by atoms with Crippen LogP contribution in [0.5, 0.6) is 0 Å². The number of aryl methyl sites for hydroxylation is 1. The zero-order valence-electron chi connectivity index (χ0n) is 9.91. The molecule has 92 valence electrons. The number of carbonyl (C=O) groups excluding carboxylic acids is 1. The van der Waals surface area contributed by atoms with Crippen LogP contribution >= 0.6 is 11.8 Å². The maximum atomic E-state index is 10.7. The molecule has 1 aromatic carbocycles. The summed E-state index contributed by atoms with van der Waals surface area (Å²) >= 11 is 1.55. The monoisotopic (exact) mass is 260 g/mol. The molecule has 0 N–H and O–H groups in total. The second-order valence-electron chi connectivity index (χ2n) is 4.38. The Hall–Kier alpha value is -1.69. The van der Waals surface area contributed by atoms with Crippen LogP contribution in [0, 0.1) is 6.92 Å². The second kappa shape index (κ2) is 4.53. The molecule has 5 nitrogen and oxygen atoms in total. The fraction of sp³-hybridized carbons (Fsp3) is 0.333. The number of benzene rings is 1. The van der Waals surface area contributed by atoms with Crippen molar-refractivity contribution in [3.63, 3.8) is 0 Å². The van der Waals surface area contributed by atoms with Gasteiger partial charge in [0.25, 0.3) is 0 Å². The first-order chi connectivity index (χ1) is 8.78. The van der Waals surface area contributed by atoms with Crippen LogP contribution in [0.1, 0.15) is 34.8 Å². The molecule has 2 aromatic rings. The van der Waals surface area contributed by atoms with Gasteiger partial charge in [0.15, 0.2) is 0 Å². The maximum absolute atomic E-state index is 10.7. The van der Waals surface area contributed by atoms with E-state index >= 15 is 0 Å². The van der Waals surface area contributed by atoms with Gasteiger partial charge in [0.05, 0.1) is 6.04 Å². The van der Waals surface area contributed by atoms with E-state index in [-0.39, 0.29) is 0 Å². The maximum Gasteiger partial charge on any atom is 0.214 e. The molecule has 0 amide bonds. The Labute approximate surface area is 109 Å². The smallest absolute Gasteiger partial charge is 0.214 e. The molecule has 6 heteroatoms. The first-order valence-corrected chi connectivity index (χ1v) is 6.61. The Kier molecular flexibility index (Phi) is 2.87. The lowest BCUT2D eigenvalue weighted by molar-refractivity contribution is 0.112. The van der Waals surface area contributed by atoms with E-state index in [2.05, 4.69) is 15.5 Å². The van der Waals surface area contributed by atoms with E-state index in [0.717, 1.165) is 34.7 Å². The van der Waals surface area contributed by atoms with Gasteiger partial charge in [0.1, 0.15) is 6.29 Å². The van der Waals surface area contributed by atoms with Gasteiger partial charge in [-0.25, -0.2) is 4.68 Å². The first kappa shape index (κ1) is 11.4. The van der Waals surface area contributed by atoms with Gasteiger partial charge in [-0.3, -0.25) is 4.79 Å². The van der Waals surface area contributed by atoms with Gasteiger partial charge >= 0.3 is 0 Å². The fourth-order valence-corrected chi connectivity index (χ4v) is 2.67. The van der Waals surface area contributed by atoms with E-state index in [0.29, 0.717) is 11.6 Å². The molecule has 0 bridgehead atoms. The number of carbonyl (C=O) groups is 1. The van der Waals surface area contributed by atoms with Crippen LogP contribution in [0.4, 0.5) is 0 Å².